The molecule has 1 rings (SSSR count). The van der Waals surface area contributed by atoms with Gasteiger partial charge < -0.3 is 9.80 Å². The number of hydrogen-bond donors (Lipinski definition) is 0. The van der Waals surface area contributed by atoms with Crippen molar-refractivity contribution in [3.8, 4) is 0 Å². The normalized spacial score (nSPS) is 11.4. The van der Waals surface area contributed by atoms with E-state index in [4.69, 9.17) is 11.6 Å². The van der Waals surface area contributed by atoms with Crippen LogP contribution in [-0.4, -0.2) is 38.6 Å². The summed E-state index contributed by atoms with van der Waals surface area (Å²) in [5.41, 5.74) is 2.35. The maximum absolute atomic E-state index is 6.31. The van der Waals surface area contributed by atoms with Gasteiger partial charge in [0.25, 0.3) is 0 Å². The Morgan fingerprint density at radius 1 is 1.21 bits per heavy atom. The molecule has 4 heteroatoms. The van der Waals surface area contributed by atoms with Crippen molar-refractivity contribution in [2.75, 3.05) is 38.6 Å². The molecule has 1 aromatic rings. The minimum absolute atomic E-state index is 0.636. The lowest BCUT2D eigenvalue weighted by molar-refractivity contribution is 0.409. The zero-order valence-corrected chi connectivity index (χ0v) is 14.6. The molecule has 0 saturated carbocycles. The second kappa shape index (κ2) is 8.13. The largest absolute Gasteiger partial charge is 0.370 e. The van der Waals surface area contributed by atoms with E-state index >= 15 is 0 Å². The fourth-order valence-corrected chi connectivity index (χ4v) is 2.82. The van der Waals surface area contributed by atoms with E-state index in [0.717, 1.165) is 35.6 Å². The molecule has 0 spiro atoms. The van der Waals surface area contributed by atoms with Crippen LogP contribution in [0.2, 0.25) is 5.02 Å². The van der Waals surface area contributed by atoms with Crippen molar-refractivity contribution in [1.29, 1.82) is 0 Å². The van der Waals surface area contributed by atoms with E-state index < -0.39 is 0 Å². The number of hydrogen-bond acceptors (Lipinski definition) is 2. The van der Waals surface area contributed by atoms with Gasteiger partial charge in [-0.1, -0.05) is 47.4 Å². The monoisotopic (exact) mass is 346 g/mol. The zero-order chi connectivity index (χ0) is 14.4. The Hall–Kier alpha value is -0.250. The van der Waals surface area contributed by atoms with Crippen molar-refractivity contribution >= 4 is 33.2 Å². The van der Waals surface area contributed by atoms with E-state index in [1.165, 1.54) is 5.69 Å². The Bertz CT molecular complexity index is 394. The minimum atomic E-state index is 0.636. The molecule has 0 aliphatic rings. The predicted octanol–water partition coefficient (Wildman–Crippen LogP) is 4.26. The van der Waals surface area contributed by atoms with Gasteiger partial charge in [0.15, 0.2) is 0 Å². The van der Waals surface area contributed by atoms with Gasteiger partial charge in [-0.3, -0.25) is 0 Å². The summed E-state index contributed by atoms with van der Waals surface area (Å²) in [6.45, 7) is 7.62. The summed E-state index contributed by atoms with van der Waals surface area (Å²) in [6.07, 6.45) is 0. The average molecular weight is 348 g/mol. The van der Waals surface area contributed by atoms with Crippen LogP contribution in [0.3, 0.4) is 0 Å². The smallest absolute Gasteiger partial charge is 0.0467 e. The first-order chi connectivity index (χ1) is 8.93. The van der Waals surface area contributed by atoms with Crippen molar-refractivity contribution in [1.82, 2.24) is 4.90 Å². The Morgan fingerprint density at radius 2 is 1.89 bits per heavy atom. The van der Waals surface area contributed by atoms with Crippen LogP contribution < -0.4 is 4.90 Å². The molecule has 1 aromatic carbocycles. The van der Waals surface area contributed by atoms with Gasteiger partial charge in [0.2, 0.25) is 0 Å². The molecule has 0 aliphatic heterocycles. The number of anilines is 1. The van der Waals surface area contributed by atoms with Crippen molar-refractivity contribution in [3.63, 3.8) is 0 Å². The van der Waals surface area contributed by atoms with Crippen LogP contribution in [0.15, 0.2) is 18.2 Å². The maximum atomic E-state index is 6.31. The molecule has 0 aliphatic carbocycles. The van der Waals surface area contributed by atoms with Crippen molar-refractivity contribution in [3.05, 3.63) is 28.8 Å². The molecule has 0 atom stereocenters. The van der Waals surface area contributed by atoms with Gasteiger partial charge in [0, 0.05) is 35.7 Å². The predicted molar refractivity (Wildman–Crippen MR) is 89.7 cm³/mol. The number of alkyl halides is 1. The molecule has 0 N–H and O–H groups in total. The van der Waals surface area contributed by atoms with Gasteiger partial charge in [-0.25, -0.2) is 0 Å². The Morgan fingerprint density at radius 3 is 2.37 bits per heavy atom. The molecule has 108 valence electrons. The quantitative estimate of drug-likeness (QED) is 0.680. The molecule has 0 unspecified atom stereocenters. The lowest BCUT2D eigenvalue weighted by Crippen LogP contribution is -2.34. The third-order valence-electron chi connectivity index (χ3n) is 2.95. The lowest BCUT2D eigenvalue weighted by Gasteiger charge is -2.28. The summed E-state index contributed by atoms with van der Waals surface area (Å²) < 4.78 is 0. The van der Waals surface area contributed by atoms with Crippen LogP contribution in [-0.2, 0) is 5.33 Å². The van der Waals surface area contributed by atoms with Gasteiger partial charge in [-0.05, 0) is 37.7 Å². The Kier molecular flexibility index (Phi) is 7.19. The van der Waals surface area contributed by atoms with Crippen molar-refractivity contribution < 1.29 is 0 Å². The standard InChI is InChI=1S/C15H24BrClN2/c1-12(2)11-19(8-7-18(3)4)14-6-5-13(10-16)15(17)9-14/h5-6,9,12H,7-8,10-11H2,1-4H3. The number of rotatable bonds is 7. The Balaban J connectivity index is 2.86. The molecular weight excluding hydrogens is 324 g/mol. The molecule has 2 nitrogen and oxygen atoms in total. The lowest BCUT2D eigenvalue weighted by atomic mass is 10.1. The third kappa shape index (κ3) is 5.72. The molecule has 0 aromatic heterocycles. The Labute approximate surface area is 130 Å². The second-order valence-corrected chi connectivity index (χ2v) is 6.52. The molecule has 0 amide bonds. The molecule has 19 heavy (non-hydrogen) atoms. The number of nitrogens with zero attached hydrogens (tertiary/aromatic N) is 2. The van der Waals surface area contributed by atoms with E-state index in [9.17, 15) is 0 Å². The molecule has 0 saturated heterocycles. The number of likely N-dealkylation sites (N-methyl/N-ethyl adjacent to an activating group) is 1. The van der Waals surface area contributed by atoms with E-state index in [2.05, 4.69) is 71.9 Å². The third-order valence-corrected chi connectivity index (χ3v) is 3.90. The maximum Gasteiger partial charge on any atom is 0.0467 e. The van der Waals surface area contributed by atoms with Gasteiger partial charge in [-0.15, -0.1) is 0 Å². The second-order valence-electron chi connectivity index (χ2n) is 5.55. The minimum Gasteiger partial charge on any atom is -0.370 e. The van der Waals surface area contributed by atoms with Crippen LogP contribution in [0.4, 0.5) is 5.69 Å². The molecule has 0 fully saturated rings. The number of benzene rings is 1. The summed E-state index contributed by atoms with van der Waals surface area (Å²) in [7, 11) is 4.21. The first kappa shape index (κ1) is 16.8. The zero-order valence-electron chi connectivity index (χ0n) is 12.3. The van der Waals surface area contributed by atoms with E-state index in [0.29, 0.717) is 5.92 Å². The van der Waals surface area contributed by atoms with Gasteiger partial charge in [-0.2, -0.15) is 0 Å². The SMILES string of the molecule is CC(C)CN(CCN(C)C)c1ccc(CBr)c(Cl)c1. The first-order valence-electron chi connectivity index (χ1n) is 6.68. The fourth-order valence-electron chi connectivity index (χ4n) is 1.93. The van der Waals surface area contributed by atoms with Crippen LogP contribution in [0.25, 0.3) is 0 Å². The molecule has 0 radical (unpaired) electrons. The van der Waals surface area contributed by atoms with Gasteiger partial charge in [0.05, 0.1) is 0 Å². The summed E-state index contributed by atoms with van der Waals surface area (Å²) in [5, 5.41) is 1.64. The summed E-state index contributed by atoms with van der Waals surface area (Å²) >= 11 is 9.76. The van der Waals surface area contributed by atoms with Crippen molar-refractivity contribution in [2.24, 2.45) is 5.92 Å². The highest BCUT2D eigenvalue weighted by Gasteiger charge is 2.11. The fraction of sp³-hybridized carbons (Fsp3) is 0.600. The summed E-state index contributed by atoms with van der Waals surface area (Å²) in [6, 6.07) is 6.35. The molecule has 0 heterocycles. The summed E-state index contributed by atoms with van der Waals surface area (Å²) in [4.78, 5) is 4.62. The van der Waals surface area contributed by atoms with Crippen LogP contribution in [0.1, 0.15) is 19.4 Å². The van der Waals surface area contributed by atoms with Crippen LogP contribution >= 0.6 is 27.5 Å². The van der Waals surface area contributed by atoms with Crippen LogP contribution in [0, 0.1) is 5.92 Å². The topological polar surface area (TPSA) is 6.48 Å². The highest BCUT2D eigenvalue weighted by molar-refractivity contribution is 9.08. The van der Waals surface area contributed by atoms with Crippen molar-refractivity contribution in [2.45, 2.75) is 19.2 Å². The summed E-state index contributed by atoms with van der Waals surface area (Å²) in [5.74, 6) is 0.636. The highest BCUT2D eigenvalue weighted by atomic mass is 79.9. The van der Waals surface area contributed by atoms with E-state index in [1.54, 1.807) is 0 Å². The van der Waals surface area contributed by atoms with Gasteiger partial charge in [0.1, 0.15) is 0 Å². The van der Waals surface area contributed by atoms with E-state index in [1.807, 2.05) is 0 Å². The number of halogens is 2. The van der Waals surface area contributed by atoms with E-state index in [-0.39, 0.29) is 0 Å². The molecule has 0 bridgehead atoms. The van der Waals surface area contributed by atoms with Gasteiger partial charge >= 0.3 is 0 Å². The first-order valence-corrected chi connectivity index (χ1v) is 8.18. The highest BCUT2D eigenvalue weighted by Crippen LogP contribution is 2.25. The molecular formula is C15H24BrClN2. The average Bonchev–Trinajstić information content (AvgIpc) is 2.33. The van der Waals surface area contributed by atoms with Crippen LogP contribution in [0.5, 0.6) is 0 Å².